The van der Waals surface area contributed by atoms with E-state index in [0.29, 0.717) is 17.9 Å². The molecule has 2 aliphatic heterocycles. The minimum absolute atomic E-state index is 0.0169. The first-order chi connectivity index (χ1) is 10.4. The molecule has 3 rings (SSSR count). The van der Waals surface area contributed by atoms with E-state index < -0.39 is 15.8 Å². The fourth-order valence-electron chi connectivity index (χ4n) is 3.20. The molecule has 2 aliphatic rings. The molecule has 7 heteroatoms. The molecular formula is C15H17NO5S. The van der Waals surface area contributed by atoms with Crippen LogP contribution >= 0.6 is 0 Å². The monoisotopic (exact) mass is 323 g/mol. The number of carbonyl (C=O) groups excluding carboxylic acids is 2. The summed E-state index contributed by atoms with van der Waals surface area (Å²) in [5.74, 6) is -0.497. The minimum Gasteiger partial charge on any atom is -0.462 e. The van der Waals surface area contributed by atoms with E-state index in [1.165, 1.54) is 0 Å². The summed E-state index contributed by atoms with van der Waals surface area (Å²) in [5, 5.41) is 0. The normalized spacial score (nSPS) is 26.0. The number of hydrogen-bond acceptors (Lipinski definition) is 5. The number of nitrogens with zero attached hydrogens (tertiary/aromatic N) is 1. The Morgan fingerprint density at radius 3 is 2.59 bits per heavy atom. The number of hydrogen-bond donors (Lipinski definition) is 0. The minimum atomic E-state index is -3.07. The fraction of sp³-hybridized carbons (Fsp3) is 0.467. The average Bonchev–Trinajstić information content (AvgIpc) is 2.89. The van der Waals surface area contributed by atoms with E-state index in [4.69, 9.17) is 4.74 Å². The third kappa shape index (κ3) is 2.61. The maximum atomic E-state index is 12.2. The number of fused-ring (bicyclic) bond motifs is 1. The molecule has 0 saturated carbocycles. The lowest BCUT2D eigenvalue weighted by Gasteiger charge is -2.23. The lowest BCUT2D eigenvalue weighted by Crippen LogP contribution is -2.36. The van der Waals surface area contributed by atoms with E-state index >= 15 is 0 Å². The van der Waals surface area contributed by atoms with Crippen LogP contribution in [0.4, 0.5) is 5.69 Å². The van der Waals surface area contributed by atoms with Crippen molar-refractivity contribution in [3.05, 3.63) is 29.8 Å². The third-order valence-electron chi connectivity index (χ3n) is 4.13. The molecular weight excluding hydrogens is 306 g/mol. The number of rotatable bonds is 3. The highest BCUT2D eigenvalue weighted by molar-refractivity contribution is 7.91. The van der Waals surface area contributed by atoms with Crippen LogP contribution < -0.4 is 4.90 Å². The molecule has 6 nitrogen and oxygen atoms in total. The second-order valence-corrected chi connectivity index (χ2v) is 7.79. The third-order valence-corrected chi connectivity index (χ3v) is 5.92. The number of benzene rings is 1. The molecule has 22 heavy (non-hydrogen) atoms. The van der Waals surface area contributed by atoms with Crippen LogP contribution in [-0.2, 0) is 19.4 Å². The molecule has 1 aromatic carbocycles. The Balaban J connectivity index is 1.84. The van der Waals surface area contributed by atoms with Gasteiger partial charge in [0.1, 0.15) is 0 Å². The fourth-order valence-corrected chi connectivity index (χ4v) is 5.27. The lowest BCUT2D eigenvalue weighted by molar-refractivity contribution is -0.117. The predicted molar refractivity (Wildman–Crippen MR) is 80.4 cm³/mol. The van der Waals surface area contributed by atoms with Crippen LogP contribution in [0.15, 0.2) is 24.3 Å². The van der Waals surface area contributed by atoms with E-state index in [2.05, 4.69) is 0 Å². The highest BCUT2D eigenvalue weighted by Crippen LogP contribution is 2.37. The number of carbonyl (C=O) groups is 2. The molecule has 0 radical (unpaired) electrons. The van der Waals surface area contributed by atoms with E-state index in [1.54, 1.807) is 36.1 Å². The highest BCUT2D eigenvalue weighted by atomic mass is 32.2. The molecule has 1 amide bonds. The SMILES string of the molecule is CCOC(=O)c1ccc(N2C(=O)CC3CS(=O)(=O)CC32)cc1. The lowest BCUT2D eigenvalue weighted by atomic mass is 10.0. The van der Waals surface area contributed by atoms with Gasteiger partial charge in [0.2, 0.25) is 5.91 Å². The van der Waals surface area contributed by atoms with Crippen LogP contribution in [0.5, 0.6) is 0 Å². The molecule has 2 fully saturated rings. The van der Waals surface area contributed by atoms with Gasteiger partial charge in [-0.25, -0.2) is 13.2 Å². The Hall–Kier alpha value is -1.89. The maximum absolute atomic E-state index is 12.2. The van der Waals surface area contributed by atoms with Crippen molar-refractivity contribution in [3.63, 3.8) is 0 Å². The molecule has 118 valence electrons. The summed E-state index contributed by atoms with van der Waals surface area (Å²) in [7, 11) is -3.07. The second kappa shape index (κ2) is 5.39. The zero-order chi connectivity index (χ0) is 15.9. The van der Waals surface area contributed by atoms with Crippen molar-refractivity contribution in [1.82, 2.24) is 0 Å². The number of esters is 1. The van der Waals surface area contributed by atoms with E-state index in [-0.39, 0.29) is 35.8 Å². The van der Waals surface area contributed by atoms with Gasteiger partial charge in [-0.1, -0.05) is 0 Å². The van der Waals surface area contributed by atoms with Gasteiger partial charge < -0.3 is 9.64 Å². The Morgan fingerprint density at radius 2 is 1.95 bits per heavy atom. The summed E-state index contributed by atoms with van der Waals surface area (Å²) < 4.78 is 28.4. The molecule has 2 saturated heterocycles. The van der Waals surface area contributed by atoms with Gasteiger partial charge in [0.25, 0.3) is 0 Å². The van der Waals surface area contributed by atoms with Gasteiger partial charge in [-0.3, -0.25) is 4.79 Å². The number of amides is 1. The van der Waals surface area contributed by atoms with Crippen molar-refractivity contribution in [3.8, 4) is 0 Å². The van der Waals surface area contributed by atoms with Gasteiger partial charge >= 0.3 is 5.97 Å². The van der Waals surface area contributed by atoms with Crippen molar-refractivity contribution in [2.24, 2.45) is 5.92 Å². The Labute approximate surface area is 129 Å². The van der Waals surface area contributed by atoms with Crippen LogP contribution in [0.3, 0.4) is 0 Å². The summed E-state index contributed by atoms with van der Waals surface area (Å²) >= 11 is 0. The molecule has 0 spiro atoms. The standard InChI is InChI=1S/C15H17NO5S/c1-2-21-15(18)10-3-5-12(6-4-10)16-13-9-22(19,20)8-11(13)7-14(16)17/h3-6,11,13H,2,7-9H2,1H3. The average molecular weight is 323 g/mol. The zero-order valence-corrected chi connectivity index (χ0v) is 13.0. The van der Waals surface area contributed by atoms with Gasteiger partial charge in [-0.15, -0.1) is 0 Å². The summed E-state index contributed by atoms with van der Waals surface area (Å²) in [6.07, 6.45) is 0.267. The van der Waals surface area contributed by atoms with Crippen LogP contribution in [-0.4, -0.2) is 44.4 Å². The van der Waals surface area contributed by atoms with Gasteiger partial charge in [0.05, 0.1) is 29.7 Å². The van der Waals surface area contributed by atoms with Crippen molar-refractivity contribution in [1.29, 1.82) is 0 Å². The smallest absolute Gasteiger partial charge is 0.338 e. The van der Waals surface area contributed by atoms with Gasteiger partial charge in [0.15, 0.2) is 9.84 Å². The molecule has 1 aromatic rings. The van der Waals surface area contributed by atoms with Crippen LogP contribution in [0, 0.1) is 5.92 Å². The van der Waals surface area contributed by atoms with Crippen molar-refractivity contribution in [2.75, 3.05) is 23.0 Å². The summed E-state index contributed by atoms with van der Waals surface area (Å²) in [6, 6.07) is 6.23. The van der Waals surface area contributed by atoms with Gasteiger partial charge in [-0.05, 0) is 31.2 Å². The predicted octanol–water partition coefficient (Wildman–Crippen LogP) is 1.01. The number of ether oxygens (including phenoxy) is 1. The van der Waals surface area contributed by atoms with E-state index in [0.717, 1.165) is 0 Å². The highest BCUT2D eigenvalue weighted by Gasteiger charge is 2.49. The molecule has 2 heterocycles. The van der Waals surface area contributed by atoms with Crippen LogP contribution in [0.25, 0.3) is 0 Å². The first kappa shape index (κ1) is 15.0. The molecule has 0 bridgehead atoms. The Kier molecular flexibility index (Phi) is 3.68. The van der Waals surface area contributed by atoms with Crippen molar-refractivity contribution >= 4 is 27.4 Å². The Bertz CT molecular complexity index is 710. The topological polar surface area (TPSA) is 80.8 Å². The van der Waals surface area contributed by atoms with Crippen molar-refractivity contribution in [2.45, 2.75) is 19.4 Å². The number of sulfone groups is 1. The Morgan fingerprint density at radius 1 is 1.27 bits per heavy atom. The largest absolute Gasteiger partial charge is 0.462 e. The second-order valence-electron chi connectivity index (χ2n) is 5.64. The summed E-state index contributed by atoms with van der Waals surface area (Å²) in [4.78, 5) is 25.3. The van der Waals surface area contributed by atoms with Gasteiger partial charge in [0, 0.05) is 18.0 Å². The maximum Gasteiger partial charge on any atom is 0.338 e. The van der Waals surface area contributed by atoms with Crippen LogP contribution in [0.2, 0.25) is 0 Å². The van der Waals surface area contributed by atoms with Crippen molar-refractivity contribution < 1.29 is 22.7 Å². The summed E-state index contributed by atoms with van der Waals surface area (Å²) in [5.41, 5.74) is 1.04. The summed E-state index contributed by atoms with van der Waals surface area (Å²) in [6.45, 7) is 2.03. The first-order valence-corrected chi connectivity index (χ1v) is 9.03. The first-order valence-electron chi connectivity index (χ1n) is 7.21. The van der Waals surface area contributed by atoms with E-state index in [1.807, 2.05) is 0 Å². The van der Waals surface area contributed by atoms with Crippen LogP contribution in [0.1, 0.15) is 23.7 Å². The molecule has 0 aliphatic carbocycles. The zero-order valence-electron chi connectivity index (χ0n) is 12.2. The molecule has 2 unspecified atom stereocenters. The molecule has 0 aromatic heterocycles. The quantitative estimate of drug-likeness (QED) is 0.776. The van der Waals surface area contributed by atoms with E-state index in [9.17, 15) is 18.0 Å². The molecule has 0 N–H and O–H groups in total. The number of anilines is 1. The molecule has 2 atom stereocenters. The van der Waals surface area contributed by atoms with Gasteiger partial charge in [-0.2, -0.15) is 0 Å².